The van der Waals surface area contributed by atoms with E-state index in [1.54, 1.807) is 7.11 Å². The van der Waals surface area contributed by atoms with Gasteiger partial charge >= 0.3 is 0 Å². The quantitative estimate of drug-likeness (QED) is 0.525. The van der Waals surface area contributed by atoms with Gasteiger partial charge in [-0.2, -0.15) is 0 Å². The van der Waals surface area contributed by atoms with Gasteiger partial charge in [-0.1, -0.05) is 30.3 Å². The van der Waals surface area contributed by atoms with E-state index < -0.39 is 0 Å². The molecule has 0 fully saturated rings. The van der Waals surface area contributed by atoms with E-state index in [0.717, 1.165) is 23.5 Å². The van der Waals surface area contributed by atoms with Gasteiger partial charge in [0.1, 0.15) is 5.75 Å². The highest BCUT2D eigenvalue weighted by atomic mass is 16.5. The van der Waals surface area contributed by atoms with Gasteiger partial charge in [0.05, 0.1) is 25.4 Å². The van der Waals surface area contributed by atoms with Crippen molar-refractivity contribution in [3.8, 4) is 5.75 Å². The Labute approximate surface area is 124 Å². The number of carbonyl (C=O) groups excluding carboxylic acids is 1. The first kappa shape index (κ1) is 15.5. The lowest BCUT2D eigenvalue weighted by Gasteiger charge is -2.11. The third-order valence-electron chi connectivity index (χ3n) is 3.17. The van der Waals surface area contributed by atoms with Crippen LogP contribution in [0.3, 0.4) is 0 Å². The van der Waals surface area contributed by atoms with E-state index >= 15 is 0 Å². The monoisotopic (exact) mass is 288 g/mol. The summed E-state index contributed by atoms with van der Waals surface area (Å²) >= 11 is 0. The van der Waals surface area contributed by atoms with Crippen molar-refractivity contribution in [3.05, 3.63) is 42.0 Å². The Morgan fingerprint density at radius 3 is 2.67 bits per heavy atom. The molecular weight excluding hydrogens is 268 g/mol. The molecule has 0 saturated carbocycles. The molecule has 0 heterocycles. The van der Waals surface area contributed by atoms with Gasteiger partial charge in [0, 0.05) is 20.1 Å². The maximum atomic E-state index is 11.3. The molecule has 4 nitrogen and oxygen atoms in total. The topological polar surface area (TPSA) is 44.8 Å². The second kappa shape index (κ2) is 8.39. The van der Waals surface area contributed by atoms with Crippen LogP contribution in [0.2, 0.25) is 0 Å². The molecule has 2 aromatic carbocycles. The van der Waals surface area contributed by atoms with Crippen LogP contribution in [0, 0.1) is 0 Å². The fourth-order valence-corrected chi connectivity index (χ4v) is 2.11. The average molecular weight is 288 g/mol. The Morgan fingerprint density at radius 2 is 1.86 bits per heavy atom. The Kier molecular flexibility index (Phi) is 6.19. The summed E-state index contributed by atoms with van der Waals surface area (Å²) in [6.07, 6.45) is 1.63. The van der Waals surface area contributed by atoms with E-state index in [0.29, 0.717) is 37.7 Å². The summed E-state index contributed by atoms with van der Waals surface area (Å²) in [5, 5.41) is 1.95. The molecule has 21 heavy (non-hydrogen) atoms. The lowest BCUT2D eigenvalue weighted by Crippen LogP contribution is -2.07. The molecule has 0 bridgehead atoms. The van der Waals surface area contributed by atoms with Crippen molar-refractivity contribution in [2.45, 2.75) is 6.42 Å². The minimum atomic E-state index is 0.520. The predicted molar refractivity (Wildman–Crippen MR) is 82.1 cm³/mol. The molecular formula is C17H20O4. The summed E-state index contributed by atoms with van der Waals surface area (Å²) in [6.45, 7) is 2.33. The highest BCUT2D eigenvalue weighted by Crippen LogP contribution is 2.26. The van der Waals surface area contributed by atoms with Gasteiger partial charge in [-0.15, -0.1) is 0 Å². The largest absolute Gasteiger partial charge is 0.493 e. The van der Waals surface area contributed by atoms with Crippen LogP contribution in [0.15, 0.2) is 36.4 Å². The van der Waals surface area contributed by atoms with Crippen LogP contribution in [-0.4, -0.2) is 39.8 Å². The normalized spacial score (nSPS) is 10.7. The molecule has 0 atom stereocenters. The van der Waals surface area contributed by atoms with E-state index in [-0.39, 0.29) is 0 Å². The van der Waals surface area contributed by atoms with Crippen LogP contribution in [-0.2, 0) is 9.47 Å². The fraction of sp³-hybridized carbons (Fsp3) is 0.353. The highest BCUT2D eigenvalue weighted by molar-refractivity contribution is 6.00. The van der Waals surface area contributed by atoms with Gasteiger partial charge < -0.3 is 14.2 Å². The van der Waals surface area contributed by atoms with Crippen molar-refractivity contribution in [1.82, 2.24) is 0 Å². The fourth-order valence-electron chi connectivity index (χ4n) is 2.11. The summed E-state index contributed by atoms with van der Waals surface area (Å²) < 4.78 is 16.0. The van der Waals surface area contributed by atoms with Crippen molar-refractivity contribution < 1.29 is 19.0 Å². The molecule has 0 unspecified atom stereocenters. The summed E-state index contributed by atoms with van der Waals surface area (Å²) in [7, 11) is 1.65. The van der Waals surface area contributed by atoms with Gasteiger partial charge in [0.2, 0.25) is 0 Å². The third-order valence-corrected chi connectivity index (χ3v) is 3.17. The van der Waals surface area contributed by atoms with E-state index in [9.17, 15) is 4.79 Å². The zero-order valence-corrected chi connectivity index (χ0v) is 12.2. The molecule has 0 aliphatic carbocycles. The first-order valence-electron chi connectivity index (χ1n) is 7.03. The van der Waals surface area contributed by atoms with E-state index in [4.69, 9.17) is 14.2 Å². The van der Waals surface area contributed by atoms with Crippen molar-refractivity contribution >= 4 is 17.1 Å². The summed E-state index contributed by atoms with van der Waals surface area (Å²) in [4.78, 5) is 11.3. The number of aldehydes is 1. The average Bonchev–Trinajstić information content (AvgIpc) is 2.53. The van der Waals surface area contributed by atoms with Crippen molar-refractivity contribution in [2.24, 2.45) is 0 Å². The van der Waals surface area contributed by atoms with E-state index in [2.05, 4.69) is 0 Å². The van der Waals surface area contributed by atoms with E-state index in [1.807, 2.05) is 36.4 Å². The minimum absolute atomic E-state index is 0.520. The first-order valence-corrected chi connectivity index (χ1v) is 7.03. The second-order valence-electron chi connectivity index (χ2n) is 4.62. The SMILES string of the molecule is COCCOCCCOc1ccc2ccccc2c1C=O. The molecule has 0 saturated heterocycles. The number of rotatable bonds is 9. The molecule has 2 rings (SSSR count). The second-order valence-corrected chi connectivity index (χ2v) is 4.62. The van der Waals surface area contributed by atoms with Crippen LogP contribution < -0.4 is 4.74 Å². The lowest BCUT2D eigenvalue weighted by atomic mass is 10.0. The molecule has 4 heteroatoms. The number of benzene rings is 2. The first-order chi connectivity index (χ1) is 10.4. The van der Waals surface area contributed by atoms with Crippen molar-refractivity contribution in [1.29, 1.82) is 0 Å². The summed E-state index contributed by atoms with van der Waals surface area (Å²) in [5.41, 5.74) is 0.605. The summed E-state index contributed by atoms with van der Waals surface area (Å²) in [5.74, 6) is 0.626. The lowest BCUT2D eigenvalue weighted by molar-refractivity contribution is 0.0644. The maximum absolute atomic E-state index is 11.3. The Hall–Kier alpha value is -1.91. The molecule has 0 radical (unpaired) electrons. The highest BCUT2D eigenvalue weighted by Gasteiger charge is 2.07. The number of methoxy groups -OCH3 is 1. The van der Waals surface area contributed by atoms with Gasteiger partial charge in [-0.3, -0.25) is 4.79 Å². The molecule has 0 aliphatic rings. The smallest absolute Gasteiger partial charge is 0.154 e. The van der Waals surface area contributed by atoms with Crippen LogP contribution in [0.1, 0.15) is 16.8 Å². The number of ether oxygens (including phenoxy) is 3. The molecule has 2 aromatic rings. The Bertz CT molecular complexity index is 580. The number of hydrogen-bond acceptors (Lipinski definition) is 4. The molecule has 0 N–H and O–H groups in total. The zero-order chi connectivity index (χ0) is 14.9. The molecule has 0 aliphatic heterocycles. The number of hydrogen-bond donors (Lipinski definition) is 0. The Balaban J connectivity index is 1.91. The summed E-state index contributed by atoms with van der Waals surface area (Å²) in [6, 6.07) is 11.6. The molecule has 112 valence electrons. The van der Waals surface area contributed by atoms with Crippen LogP contribution in [0.5, 0.6) is 5.75 Å². The van der Waals surface area contributed by atoms with Crippen LogP contribution in [0.25, 0.3) is 10.8 Å². The van der Waals surface area contributed by atoms with Crippen molar-refractivity contribution in [3.63, 3.8) is 0 Å². The molecule has 0 spiro atoms. The molecule has 0 aromatic heterocycles. The van der Waals surface area contributed by atoms with Crippen LogP contribution >= 0.6 is 0 Å². The van der Waals surface area contributed by atoms with Crippen LogP contribution in [0.4, 0.5) is 0 Å². The molecule has 0 amide bonds. The standard InChI is InChI=1S/C17H20O4/c1-19-11-12-20-9-4-10-21-17-8-7-14-5-2-3-6-15(14)16(17)13-18/h2-3,5-8,13H,4,9-12H2,1H3. The number of carbonyl (C=O) groups is 1. The third kappa shape index (κ3) is 4.28. The van der Waals surface area contributed by atoms with Gasteiger partial charge in [0.25, 0.3) is 0 Å². The Morgan fingerprint density at radius 1 is 1.00 bits per heavy atom. The van der Waals surface area contributed by atoms with Crippen molar-refractivity contribution in [2.75, 3.05) is 33.5 Å². The minimum Gasteiger partial charge on any atom is -0.493 e. The van der Waals surface area contributed by atoms with Gasteiger partial charge in [-0.05, 0) is 16.8 Å². The maximum Gasteiger partial charge on any atom is 0.154 e. The van der Waals surface area contributed by atoms with Gasteiger partial charge in [-0.25, -0.2) is 0 Å². The van der Waals surface area contributed by atoms with Gasteiger partial charge in [0.15, 0.2) is 6.29 Å². The number of fused-ring (bicyclic) bond motifs is 1. The van der Waals surface area contributed by atoms with E-state index in [1.165, 1.54) is 0 Å². The zero-order valence-electron chi connectivity index (χ0n) is 12.2. The predicted octanol–water partition coefficient (Wildman–Crippen LogP) is 3.08.